The van der Waals surface area contributed by atoms with Gasteiger partial charge in [0, 0.05) is 11.6 Å². The van der Waals surface area contributed by atoms with Crippen molar-refractivity contribution in [3.63, 3.8) is 0 Å². The molecule has 0 bridgehead atoms. The molecule has 1 heterocycles. The molecule has 0 fully saturated rings. The van der Waals surface area contributed by atoms with E-state index in [0.29, 0.717) is 12.4 Å². The molecule has 0 aliphatic heterocycles. The van der Waals surface area contributed by atoms with Crippen LogP contribution < -0.4 is 0 Å². The summed E-state index contributed by atoms with van der Waals surface area (Å²) in [5, 5.41) is 11.7. The molecule has 0 radical (unpaired) electrons. The second kappa shape index (κ2) is 6.94. The monoisotopic (exact) mass is 362 g/mol. The summed E-state index contributed by atoms with van der Waals surface area (Å²) < 4.78 is 2.08. The van der Waals surface area contributed by atoms with Gasteiger partial charge in [0.1, 0.15) is 11.9 Å². The maximum absolute atomic E-state index is 10.9. The average molecular weight is 363 g/mol. The summed E-state index contributed by atoms with van der Waals surface area (Å²) in [5.41, 5.74) is 4.87. The number of aliphatic hydroxyl groups excluding tert-OH is 1. The van der Waals surface area contributed by atoms with Gasteiger partial charge in [0.05, 0.1) is 11.0 Å². The lowest BCUT2D eigenvalue weighted by molar-refractivity contribution is 0.206. The lowest BCUT2D eigenvalue weighted by atomic mass is 10.1. The van der Waals surface area contributed by atoms with Gasteiger partial charge in [-0.3, -0.25) is 0 Å². The third kappa shape index (κ3) is 3.12. The molecule has 0 aliphatic rings. The molecular formula is C22H19ClN2O. The highest BCUT2D eigenvalue weighted by Crippen LogP contribution is 2.27. The molecule has 0 saturated carbocycles. The van der Waals surface area contributed by atoms with Gasteiger partial charge in [-0.2, -0.15) is 0 Å². The molecule has 1 atom stereocenters. The van der Waals surface area contributed by atoms with Crippen LogP contribution in [0.4, 0.5) is 0 Å². The van der Waals surface area contributed by atoms with Gasteiger partial charge in [0.15, 0.2) is 0 Å². The fourth-order valence-corrected chi connectivity index (χ4v) is 3.36. The summed E-state index contributed by atoms with van der Waals surface area (Å²) in [6.07, 6.45) is -0.781. The zero-order valence-corrected chi connectivity index (χ0v) is 15.2. The largest absolute Gasteiger partial charge is 0.380 e. The Hall–Kier alpha value is -2.62. The highest BCUT2D eigenvalue weighted by Gasteiger charge is 2.19. The predicted octanol–water partition coefficient (Wildman–Crippen LogP) is 5.13. The Labute approximate surface area is 157 Å². The quantitative estimate of drug-likeness (QED) is 0.546. The number of benzene rings is 3. The van der Waals surface area contributed by atoms with Gasteiger partial charge in [-0.05, 0) is 41.8 Å². The molecule has 26 heavy (non-hydrogen) atoms. The first-order chi connectivity index (χ1) is 12.6. The summed E-state index contributed by atoms with van der Waals surface area (Å²) in [6.45, 7) is 2.62. The van der Waals surface area contributed by atoms with Crippen LogP contribution in [0, 0.1) is 6.92 Å². The van der Waals surface area contributed by atoms with E-state index < -0.39 is 6.10 Å². The van der Waals surface area contributed by atoms with Gasteiger partial charge in [-0.25, -0.2) is 4.98 Å². The number of hydrogen-bond donors (Lipinski definition) is 1. The third-order valence-electron chi connectivity index (χ3n) is 4.61. The normalized spacial score (nSPS) is 12.4. The van der Waals surface area contributed by atoms with E-state index in [2.05, 4.69) is 10.6 Å². The molecule has 4 aromatic rings. The summed E-state index contributed by atoms with van der Waals surface area (Å²) in [4.78, 5) is 4.71. The van der Waals surface area contributed by atoms with E-state index >= 15 is 0 Å². The lowest BCUT2D eigenvalue weighted by Gasteiger charge is -2.15. The molecule has 1 aromatic heterocycles. The van der Waals surface area contributed by atoms with Crippen LogP contribution >= 0.6 is 11.6 Å². The average Bonchev–Trinajstić information content (AvgIpc) is 3.03. The first kappa shape index (κ1) is 16.8. The minimum Gasteiger partial charge on any atom is -0.380 e. The first-order valence-electron chi connectivity index (χ1n) is 8.56. The van der Waals surface area contributed by atoms with Crippen LogP contribution in [0.15, 0.2) is 72.8 Å². The van der Waals surface area contributed by atoms with E-state index in [1.165, 1.54) is 0 Å². The van der Waals surface area contributed by atoms with E-state index in [0.717, 1.165) is 32.7 Å². The Morgan fingerprint density at radius 3 is 2.50 bits per heavy atom. The SMILES string of the molecule is Cc1cc(Cn2c(C(O)c3ccccc3)nc3ccccc32)ccc1Cl. The predicted molar refractivity (Wildman–Crippen MR) is 106 cm³/mol. The van der Waals surface area contributed by atoms with Crippen molar-refractivity contribution in [2.75, 3.05) is 0 Å². The Balaban J connectivity index is 1.82. The van der Waals surface area contributed by atoms with E-state index in [-0.39, 0.29) is 0 Å². The fraction of sp³-hybridized carbons (Fsp3) is 0.136. The van der Waals surface area contributed by atoms with Gasteiger partial charge < -0.3 is 9.67 Å². The Morgan fingerprint density at radius 2 is 1.73 bits per heavy atom. The van der Waals surface area contributed by atoms with E-state index in [1.807, 2.05) is 73.7 Å². The Kier molecular flexibility index (Phi) is 4.49. The number of halogens is 1. The van der Waals surface area contributed by atoms with Gasteiger partial charge in [-0.15, -0.1) is 0 Å². The van der Waals surface area contributed by atoms with Crippen LogP contribution in [-0.2, 0) is 6.54 Å². The summed E-state index contributed by atoms with van der Waals surface area (Å²) in [5.74, 6) is 0.644. The molecule has 0 saturated heterocycles. The van der Waals surface area contributed by atoms with Gasteiger partial charge >= 0.3 is 0 Å². The Morgan fingerprint density at radius 1 is 1.00 bits per heavy atom. The molecular weight excluding hydrogens is 344 g/mol. The van der Waals surface area contributed by atoms with E-state index in [9.17, 15) is 5.11 Å². The van der Waals surface area contributed by atoms with Gasteiger partial charge in [-0.1, -0.05) is 66.2 Å². The number of para-hydroxylation sites is 2. The van der Waals surface area contributed by atoms with Crippen molar-refractivity contribution in [2.45, 2.75) is 19.6 Å². The first-order valence-corrected chi connectivity index (χ1v) is 8.94. The minimum atomic E-state index is -0.781. The lowest BCUT2D eigenvalue weighted by Crippen LogP contribution is -2.11. The molecule has 0 spiro atoms. The molecule has 3 aromatic carbocycles. The zero-order chi connectivity index (χ0) is 18.1. The van der Waals surface area contributed by atoms with Crippen LogP contribution in [0.5, 0.6) is 0 Å². The van der Waals surface area contributed by atoms with Crippen molar-refractivity contribution in [2.24, 2.45) is 0 Å². The number of imidazole rings is 1. The molecule has 1 unspecified atom stereocenters. The molecule has 0 amide bonds. The van der Waals surface area contributed by atoms with Crippen molar-refractivity contribution in [1.82, 2.24) is 9.55 Å². The highest BCUT2D eigenvalue weighted by molar-refractivity contribution is 6.31. The van der Waals surface area contributed by atoms with Crippen molar-refractivity contribution in [3.05, 3.63) is 100 Å². The van der Waals surface area contributed by atoms with Crippen LogP contribution in [0.25, 0.3) is 11.0 Å². The second-order valence-electron chi connectivity index (χ2n) is 6.44. The zero-order valence-electron chi connectivity index (χ0n) is 14.4. The number of aryl methyl sites for hydroxylation is 1. The number of hydrogen-bond acceptors (Lipinski definition) is 2. The second-order valence-corrected chi connectivity index (χ2v) is 6.85. The van der Waals surface area contributed by atoms with E-state index in [4.69, 9.17) is 16.6 Å². The molecule has 4 rings (SSSR count). The Bertz CT molecular complexity index is 1060. The number of rotatable bonds is 4. The highest BCUT2D eigenvalue weighted by atomic mass is 35.5. The molecule has 1 N–H and O–H groups in total. The topological polar surface area (TPSA) is 38.0 Å². The van der Waals surface area contributed by atoms with Crippen LogP contribution in [-0.4, -0.2) is 14.7 Å². The number of aromatic nitrogens is 2. The van der Waals surface area contributed by atoms with Gasteiger partial charge in [0.2, 0.25) is 0 Å². The fourth-order valence-electron chi connectivity index (χ4n) is 3.24. The van der Waals surface area contributed by atoms with Gasteiger partial charge in [0.25, 0.3) is 0 Å². The minimum absolute atomic E-state index is 0.623. The van der Waals surface area contributed by atoms with Crippen LogP contribution in [0.1, 0.15) is 28.6 Å². The number of fused-ring (bicyclic) bond motifs is 1. The summed E-state index contributed by atoms with van der Waals surface area (Å²) in [7, 11) is 0. The van der Waals surface area contributed by atoms with E-state index in [1.54, 1.807) is 0 Å². The maximum atomic E-state index is 10.9. The molecule has 0 aliphatic carbocycles. The van der Waals surface area contributed by atoms with Crippen LogP contribution in [0.2, 0.25) is 5.02 Å². The standard InChI is InChI=1S/C22H19ClN2O/c1-15-13-16(11-12-18(15)23)14-25-20-10-6-5-9-19(20)24-22(25)21(26)17-7-3-2-4-8-17/h2-13,21,26H,14H2,1H3. The molecule has 130 valence electrons. The van der Waals surface area contributed by atoms with Crippen molar-refractivity contribution < 1.29 is 5.11 Å². The van der Waals surface area contributed by atoms with Crippen molar-refractivity contribution in [3.8, 4) is 0 Å². The smallest absolute Gasteiger partial charge is 0.143 e. The van der Waals surface area contributed by atoms with Crippen molar-refractivity contribution in [1.29, 1.82) is 0 Å². The molecule has 4 heteroatoms. The van der Waals surface area contributed by atoms with Crippen LogP contribution in [0.3, 0.4) is 0 Å². The maximum Gasteiger partial charge on any atom is 0.143 e. The number of aliphatic hydroxyl groups is 1. The summed E-state index contributed by atoms with van der Waals surface area (Å²) >= 11 is 6.16. The van der Waals surface area contributed by atoms with Crippen molar-refractivity contribution >= 4 is 22.6 Å². The number of nitrogens with zero attached hydrogens (tertiary/aromatic N) is 2. The molecule has 3 nitrogen and oxygen atoms in total. The summed E-state index contributed by atoms with van der Waals surface area (Å²) in [6, 6.07) is 23.6. The third-order valence-corrected chi connectivity index (χ3v) is 5.03.